The van der Waals surface area contributed by atoms with Crippen molar-refractivity contribution in [1.82, 2.24) is 0 Å². The number of hydrogen-bond acceptors (Lipinski definition) is 3. The van der Waals surface area contributed by atoms with Crippen LogP contribution in [0.25, 0.3) is 0 Å². The van der Waals surface area contributed by atoms with Crippen molar-refractivity contribution >= 4 is 5.78 Å². The minimum absolute atomic E-state index is 0.0843. The topological polar surface area (TPSA) is 52.3 Å². The molecule has 0 aromatic heterocycles. The largest absolute Gasteiger partial charge is 0.375 e. The third-order valence-electron chi connectivity index (χ3n) is 6.11. The molecule has 2 N–H and O–H groups in total. The Labute approximate surface area is 122 Å². The van der Waals surface area contributed by atoms with E-state index >= 15 is 0 Å². The van der Waals surface area contributed by atoms with Gasteiger partial charge in [0, 0.05) is 18.9 Å². The van der Waals surface area contributed by atoms with E-state index in [0.717, 1.165) is 38.7 Å². The molecule has 1 spiro atoms. The Balaban J connectivity index is 1.60. The number of ether oxygens (including phenoxy) is 1. The monoisotopic (exact) mass is 279 g/mol. The van der Waals surface area contributed by atoms with Crippen molar-refractivity contribution in [3.05, 3.63) is 0 Å². The molecule has 3 fully saturated rings. The van der Waals surface area contributed by atoms with Gasteiger partial charge in [-0.15, -0.1) is 0 Å². The van der Waals surface area contributed by atoms with Crippen LogP contribution in [0.5, 0.6) is 0 Å². The van der Waals surface area contributed by atoms with Gasteiger partial charge < -0.3 is 10.5 Å². The van der Waals surface area contributed by atoms with Gasteiger partial charge in [-0.1, -0.05) is 19.3 Å². The van der Waals surface area contributed by atoms with E-state index in [4.69, 9.17) is 10.5 Å². The number of Topliss-reactive ketones (excluding diaryl/α,β-unsaturated/α-hetero) is 1. The molecule has 2 aliphatic carbocycles. The van der Waals surface area contributed by atoms with Crippen LogP contribution in [0.2, 0.25) is 0 Å². The van der Waals surface area contributed by atoms with E-state index in [1.807, 2.05) is 0 Å². The molecule has 114 valence electrons. The second-order valence-corrected chi connectivity index (χ2v) is 7.48. The number of ketones is 1. The van der Waals surface area contributed by atoms with Gasteiger partial charge in [0.15, 0.2) is 0 Å². The Morgan fingerprint density at radius 1 is 1.10 bits per heavy atom. The van der Waals surface area contributed by atoms with Crippen molar-refractivity contribution in [3.63, 3.8) is 0 Å². The van der Waals surface area contributed by atoms with Gasteiger partial charge in [0.2, 0.25) is 0 Å². The summed E-state index contributed by atoms with van der Waals surface area (Å²) in [5.41, 5.74) is 6.24. The first-order chi connectivity index (χ1) is 9.67. The summed E-state index contributed by atoms with van der Waals surface area (Å²) in [5.74, 6) is 0.723. The Hall–Kier alpha value is -0.410. The van der Waals surface area contributed by atoms with Gasteiger partial charge in [0.25, 0.3) is 0 Å². The minimum Gasteiger partial charge on any atom is -0.375 e. The fraction of sp³-hybridized carbons (Fsp3) is 0.941. The van der Waals surface area contributed by atoms with Crippen molar-refractivity contribution in [2.45, 2.75) is 76.2 Å². The highest BCUT2D eigenvalue weighted by molar-refractivity contribution is 5.82. The molecule has 1 atom stereocenters. The highest BCUT2D eigenvalue weighted by Crippen LogP contribution is 2.46. The summed E-state index contributed by atoms with van der Waals surface area (Å²) < 4.78 is 5.95. The maximum Gasteiger partial charge on any atom is 0.136 e. The van der Waals surface area contributed by atoms with E-state index in [-0.39, 0.29) is 16.9 Å². The van der Waals surface area contributed by atoms with Crippen LogP contribution in [-0.4, -0.2) is 24.5 Å². The molecule has 3 aliphatic rings. The summed E-state index contributed by atoms with van der Waals surface area (Å²) >= 11 is 0. The third kappa shape index (κ3) is 2.80. The average Bonchev–Trinajstić information content (AvgIpc) is 2.46. The number of rotatable bonds is 4. The van der Waals surface area contributed by atoms with Crippen LogP contribution in [0.3, 0.4) is 0 Å². The molecule has 0 aromatic carbocycles. The smallest absolute Gasteiger partial charge is 0.136 e. The molecule has 3 nitrogen and oxygen atoms in total. The van der Waals surface area contributed by atoms with Crippen LogP contribution in [0.15, 0.2) is 0 Å². The molecule has 0 amide bonds. The predicted octanol–water partition coefficient (Wildman–Crippen LogP) is 3.20. The second-order valence-electron chi connectivity index (χ2n) is 7.48. The molecular formula is C17H29NO2. The molecule has 1 unspecified atom stereocenters. The molecule has 2 saturated carbocycles. The fourth-order valence-corrected chi connectivity index (χ4v) is 4.49. The van der Waals surface area contributed by atoms with E-state index in [2.05, 4.69) is 0 Å². The lowest BCUT2D eigenvalue weighted by Gasteiger charge is -2.47. The highest BCUT2D eigenvalue weighted by atomic mass is 16.5. The first-order valence-corrected chi connectivity index (χ1v) is 8.54. The Morgan fingerprint density at radius 2 is 1.85 bits per heavy atom. The summed E-state index contributed by atoms with van der Waals surface area (Å²) in [7, 11) is 0. The Kier molecular flexibility index (Phi) is 4.19. The van der Waals surface area contributed by atoms with E-state index in [1.54, 1.807) is 0 Å². The fourth-order valence-electron chi connectivity index (χ4n) is 4.49. The average molecular weight is 279 g/mol. The van der Waals surface area contributed by atoms with E-state index in [0.29, 0.717) is 12.3 Å². The zero-order valence-electron chi connectivity index (χ0n) is 12.7. The molecule has 3 heteroatoms. The summed E-state index contributed by atoms with van der Waals surface area (Å²) in [4.78, 5) is 12.7. The summed E-state index contributed by atoms with van der Waals surface area (Å²) in [6, 6.07) is 0. The number of carbonyl (C=O) groups excluding carboxylic acids is 1. The number of nitrogens with two attached hydrogens (primary N) is 1. The van der Waals surface area contributed by atoms with Crippen molar-refractivity contribution in [2.24, 2.45) is 17.1 Å². The van der Waals surface area contributed by atoms with Crippen molar-refractivity contribution in [2.75, 3.05) is 13.2 Å². The molecule has 1 aliphatic heterocycles. The third-order valence-corrected chi connectivity index (χ3v) is 6.11. The molecule has 0 radical (unpaired) electrons. The van der Waals surface area contributed by atoms with Crippen LogP contribution in [0.1, 0.15) is 70.6 Å². The van der Waals surface area contributed by atoms with Gasteiger partial charge in [-0.2, -0.15) is 0 Å². The van der Waals surface area contributed by atoms with Crippen LogP contribution in [0.4, 0.5) is 0 Å². The number of hydrogen-bond donors (Lipinski definition) is 1. The van der Waals surface area contributed by atoms with Gasteiger partial charge in [0.05, 0.1) is 5.60 Å². The number of carbonyl (C=O) groups is 1. The zero-order valence-corrected chi connectivity index (χ0v) is 12.7. The van der Waals surface area contributed by atoms with E-state index in [1.165, 1.54) is 38.5 Å². The van der Waals surface area contributed by atoms with Crippen LogP contribution in [-0.2, 0) is 9.53 Å². The zero-order chi connectivity index (χ0) is 14.1. The SMILES string of the molecule is NCC1(CC(=O)C2CCOC3(CCC3)C2)CCCCC1. The molecule has 0 aromatic rings. The molecule has 1 saturated heterocycles. The Morgan fingerprint density at radius 3 is 2.45 bits per heavy atom. The first-order valence-electron chi connectivity index (χ1n) is 8.54. The van der Waals surface area contributed by atoms with Crippen LogP contribution >= 0.6 is 0 Å². The van der Waals surface area contributed by atoms with Gasteiger partial charge in [-0.25, -0.2) is 0 Å². The highest BCUT2D eigenvalue weighted by Gasteiger charge is 2.45. The lowest BCUT2D eigenvalue weighted by molar-refractivity contribution is -0.157. The van der Waals surface area contributed by atoms with Gasteiger partial charge in [0.1, 0.15) is 5.78 Å². The van der Waals surface area contributed by atoms with Crippen molar-refractivity contribution in [1.29, 1.82) is 0 Å². The van der Waals surface area contributed by atoms with Crippen molar-refractivity contribution in [3.8, 4) is 0 Å². The molecule has 1 heterocycles. The van der Waals surface area contributed by atoms with Crippen molar-refractivity contribution < 1.29 is 9.53 Å². The van der Waals surface area contributed by atoms with Crippen LogP contribution in [0, 0.1) is 11.3 Å². The summed E-state index contributed by atoms with van der Waals surface area (Å²) in [5, 5.41) is 0. The lowest BCUT2D eigenvalue weighted by atomic mass is 9.66. The summed E-state index contributed by atoms with van der Waals surface area (Å²) in [6.45, 7) is 1.47. The van der Waals surface area contributed by atoms with Gasteiger partial charge in [-0.05, 0) is 56.9 Å². The molecular weight excluding hydrogens is 250 g/mol. The standard InChI is InChI=1S/C17H29NO2/c18-13-16(6-2-1-3-7-16)12-15(19)14-5-10-20-17(11-14)8-4-9-17/h14H,1-13,18H2. The lowest BCUT2D eigenvalue weighted by Crippen LogP contribution is -2.47. The summed E-state index contributed by atoms with van der Waals surface area (Å²) in [6.07, 6.45) is 12.4. The molecule has 20 heavy (non-hydrogen) atoms. The molecule has 3 rings (SSSR count). The quantitative estimate of drug-likeness (QED) is 0.859. The second kappa shape index (κ2) is 5.76. The van der Waals surface area contributed by atoms with Gasteiger partial charge in [-0.3, -0.25) is 4.79 Å². The van der Waals surface area contributed by atoms with E-state index < -0.39 is 0 Å². The molecule has 0 bridgehead atoms. The normalized spacial score (nSPS) is 31.8. The minimum atomic E-state index is 0.0843. The van der Waals surface area contributed by atoms with E-state index in [9.17, 15) is 4.79 Å². The Bertz CT molecular complexity index is 356. The predicted molar refractivity (Wildman–Crippen MR) is 79.5 cm³/mol. The first kappa shape index (κ1) is 14.5. The maximum atomic E-state index is 12.7. The van der Waals surface area contributed by atoms with Crippen LogP contribution < -0.4 is 5.73 Å². The maximum absolute atomic E-state index is 12.7. The van der Waals surface area contributed by atoms with Gasteiger partial charge >= 0.3 is 0 Å².